The Hall–Kier alpha value is -2.27. The molecule has 0 amide bonds. The molecule has 90 valence electrons. The number of hydrogen-bond acceptors (Lipinski definition) is 2. The molecule has 2 heteroatoms. The Morgan fingerprint density at radius 2 is 1.72 bits per heavy atom. The van der Waals surface area contributed by atoms with Crippen LogP contribution in [0.5, 0.6) is 11.5 Å². The van der Waals surface area contributed by atoms with E-state index in [4.69, 9.17) is 10.00 Å². The largest absolute Gasteiger partial charge is 0.457 e. The zero-order valence-electron chi connectivity index (χ0n) is 10.6. The van der Waals surface area contributed by atoms with Crippen LogP contribution in [0, 0.1) is 11.3 Å². The molecule has 0 unspecified atom stereocenters. The summed E-state index contributed by atoms with van der Waals surface area (Å²) in [5.41, 5.74) is 1.73. The second-order valence-corrected chi connectivity index (χ2v) is 4.43. The number of rotatable bonds is 3. The third kappa shape index (κ3) is 2.70. The highest BCUT2D eigenvalue weighted by Gasteiger charge is 2.08. The molecule has 2 aromatic carbocycles. The molecule has 0 N–H and O–H groups in total. The summed E-state index contributed by atoms with van der Waals surface area (Å²) in [6.07, 6.45) is 0. The molecular weight excluding hydrogens is 222 g/mol. The van der Waals surface area contributed by atoms with Gasteiger partial charge in [0.2, 0.25) is 0 Å². The first kappa shape index (κ1) is 12.2. The fraction of sp³-hybridized carbons (Fsp3) is 0.188. The number of nitrogens with zero attached hydrogens (tertiary/aromatic N) is 1. The van der Waals surface area contributed by atoms with Crippen LogP contribution < -0.4 is 4.74 Å². The Morgan fingerprint density at radius 3 is 2.33 bits per heavy atom. The summed E-state index contributed by atoms with van der Waals surface area (Å²) in [5.74, 6) is 1.87. The molecule has 2 nitrogen and oxygen atoms in total. The lowest BCUT2D eigenvalue weighted by molar-refractivity contribution is 0.481. The number of ether oxygens (including phenoxy) is 1. The van der Waals surface area contributed by atoms with E-state index in [1.165, 1.54) is 0 Å². The molecule has 0 fully saturated rings. The molecule has 0 atom stereocenters. The quantitative estimate of drug-likeness (QED) is 0.788. The van der Waals surface area contributed by atoms with Gasteiger partial charge in [0.15, 0.2) is 0 Å². The van der Waals surface area contributed by atoms with Crippen LogP contribution in [0.25, 0.3) is 0 Å². The summed E-state index contributed by atoms with van der Waals surface area (Å²) >= 11 is 0. The Labute approximate surface area is 107 Å². The first-order valence-corrected chi connectivity index (χ1v) is 5.97. The molecule has 2 rings (SSSR count). The highest BCUT2D eigenvalue weighted by Crippen LogP contribution is 2.27. The van der Waals surface area contributed by atoms with Gasteiger partial charge in [-0.2, -0.15) is 5.26 Å². The van der Waals surface area contributed by atoms with Crippen molar-refractivity contribution in [1.29, 1.82) is 5.26 Å². The number of benzene rings is 2. The molecule has 0 aliphatic carbocycles. The second-order valence-electron chi connectivity index (χ2n) is 4.43. The van der Waals surface area contributed by atoms with Crippen LogP contribution in [0.1, 0.15) is 30.9 Å². The number of nitriles is 1. The minimum absolute atomic E-state index is 0.305. The van der Waals surface area contributed by atoms with Crippen LogP contribution in [0.4, 0.5) is 0 Å². The van der Waals surface area contributed by atoms with Crippen molar-refractivity contribution in [2.75, 3.05) is 0 Å². The van der Waals surface area contributed by atoms with Crippen molar-refractivity contribution in [3.05, 3.63) is 59.7 Å². The number of para-hydroxylation sites is 1. The predicted octanol–water partition coefficient (Wildman–Crippen LogP) is 4.47. The molecule has 0 saturated carbocycles. The van der Waals surface area contributed by atoms with Crippen molar-refractivity contribution >= 4 is 0 Å². The van der Waals surface area contributed by atoms with Crippen molar-refractivity contribution in [3.63, 3.8) is 0 Å². The second kappa shape index (κ2) is 5.37. The lowest BCUT2D eigenvalue weighted by Crippen LogP contribution is -1.94. The third-order valence-corrected chi connectivity index (χ3v) is 2.74. The summed E-state index contributed by atoms with van der Waals surface area (Å²) in [7, 11) is 0. The van der Waals surface area contributed by atoms with Gasteiger partial charge in [-0.15, -0.1) is 0 Å². The minimum Gasteiger partial charge on any atom is -0.457 e. The van der Waals surface area contributed by atoms with Crippen molar-refractivity contribution in [2.24, 2.45) is 0 Å². The molecule has 0 spiro atoms. The minimum atomic E-state index is 0.305. The molecule has 0 aromatic heterocycles. The number of hydrogen-bond donors (Lipinski definition) is 0. The Bertz CT molecular complexity index is 567. The van der Waals surface area contributed by atoms with Crippen LogP contribution in [0.15, 0.2) is 48.5 Å². The van der Waals surface area contributed by atoms with Gasteiger partial charge in [0.25, 0.3) is 0 Å². The van der Waals surface area contributed by atoms with E-state index in [-0.39, 0.29) is 0 Å². The van der Waals surface area contributed by atoms with Gasteiger partial charge >= 0.3 is 0 Å². The van der Waals surface area contributed by atoms with E-state index in [0.29, 0.717) is 11.5 Å². The Balaban J connectivity index is 2.31. The predicted molar refractivity (Wildman–Crippen MR) is 71.8 cm³/mol. The summed E-state index contributed by atoms with van der Waals surface area (Å²) in [6, 6.07) is 17.4. The van der Waals surface area contributed by atoms with E-state index in [2.05, 4.69) is 19.9 Å². The SMILES string of the molecule is CC(C)c1cc(Oc2ccccc2)ccc1C#N. The van der Waals surface area contributed by atoms with Gasteiger partial charge in [0, 0.05) is 0 Å². The van der Waals surface area contributed by atoms with Gasteiger partial charge in [0.05, 0.1) is 11.6 Å². The van der Waals surface area contributed by atoms with E-state index in [1.807, 2.05) is 48.5 Å². The molecule has 0 aliphatic rings. The van der Waals surface area contributed by atoms with Crippen molar-refractivity contribution in [3.8, 4) is 17.6 Å². The van der Waals surface area contributed by atoms with E-state index < -0.39 is 0 Å². The van der Waals surface area contributed by atoms with Crippen LogP contribution in [0.3, 0.4) is 0 Å². The monoisotopic (exact) mass is 237 g/mol. The Kier molecular flexibility index (Phi) is 3.64. The maximum absolute atomic E-state index is 9.06. The zero-order chi connectivity index (χ0) is 13.0. The van der Waals surface area contributed by atoms with Gasteiger partial charge in [-0.3, -0.25) is 0 Å². The van der Waals surface area contributed by atoms with Gasteiger partial charge in [-0.1, -0.05) is 32.0 Å². The molecular formula is C16H15NO. The van der Waals surface area contributed by atoms with Gasteiger partial charge in [-0.05, 0) is 41.8 Å². The summed E-state index contributed by atoms with van der Waals surface area (Å²) < 4.78 is 5.76. The third-order valence-electron chi connectivity index (χ3n) is 2.74. The van der Waals surface area contributed by atoms with E-state index in [1.54, 1.807) is 0 Å². The zero-order valence-corrected chi connectivity index (χ0v) is 10.6. The van der Waals surface area contributed by atoms with Gasteiger partial charge in [-0.25, -0.2) is 0 Å². The van der Waals surface area contributed by atoms with Crippen LogP contribution in [-0.2, 0) is 0 Å². The molecule has 0 heterocycles. The highest BCUT2D eigenvalue weighted by molar-refractivity contribution is 5.45. The van der Waals surface area contributed by atoms with Crippen molar-refractivity contribution in [2.45, 2.75) is 19.8 Å². The first-order valence-electron chi connectivity index (χ1n) is 5.97. The van der Waals surface area contributed by atoms with Crippen molar-refractivity contribution < 1.29 is 4.74 Å². The molecule has 18 heavy (non-hydrogen) atoms. The average molecular weight is 237 g/mol. The molecule has 0 radical (unpaired) electrons. The van der Waals surface area contributed by atoms with Crippen LogP contribution in [-0.4, -0.2) is 0 Å². The first-order chi connectivity index (χ1) is 8.70. The van der Waals surface area contributed by atoms with E-state index >= 15 is 0 Å². The average Bonchev–Trinajstić information content (AvgIpc) is 2.40. The molecule has 0 aliphatic heterocycles. The summed E-state index contributed by atoms with van der Waals surface area (Å²) in [6.45, 7) is 4.14. The maximum Gasteiger partial charge on any atom is 0.127 e. The molecule has 0 saturated heterocycles. The topological polar surface area (TPSA) is 33.0 Å². The van der Waals surface area contributed by atoms with Gasteiger partial charge < -0.3 is 4.74 Å². The van der Waals surface area contributed by atoms with Gasteiger partial charge in [0.1, 0.15) is 11.5 Å². The lowest BCUT2D eigenvalue weighted by atomic mass is 9.98. The van der Waals surface area contributed by atoms with Crippen LogP contribution >= 0.6 is 0 Å². The fourth-order valence-electron chi connectivity index (χ4n) is 1.81. The fourth-order valence-corrected chi connectivity index (χ4v) is 1.81. The summed E-state index contributed by atoms with van der Waals surface area (Å²) in [4.78, 5) is 0. The lowest BCUT2D eigenvalue weighted by Gasteiger charge is -2.11. The highest BCUT2D eigenvalue weighted by atomic mass is 16.5. The smallest absolute Gasteiger partial charge is 0.127 e. The van der Waals surface area contributed by atoms with E-state index in [0.717, 1.165) is 17.1 Å². The van der Waals surface area contributed by atoms with Crippen LogP contribution in [0.2, 0.25) is 0 Å². The molecule has 0 bridgehead atoms. The normalized spacial score (nSPS) is 10.1. The van der Waals surface area contributed by atoms with Crippen molar-refractivity contribution in [1.82, 2.24) is 0 Å². The standard InChI is InChI=1S/C16H15NO/c1-12(2)16-10-15(9-8-13(16)11-17)18-14-6-4-3-5-7-14/h3-10,12H,1-2H3. The van der Waals surface area contributed by atoms with E-state index in [9.17, 15) is 0 Å². The molecule has 2 aromatic rings. The summed E-state index contributed by atoms with van der Waals surface area (Å²) in [5, 5.41) is 9.06. The Morgan fingerprint density at radius 1 is 1.00 bits per heavy atom. The maximum atomic E-state index is 9.06.